The summed E-state index contributed by atoms with van der Waals surface area (Å²) < 4.78 is 40.7. The third-order valence-electron chi connectivity index (χ3n) is 3.28. The summed E-state index contributed by atoms with van der Waals surface area (Å²) in [5.41, 5.74) is 1.46. The second-order valence-corrected chi connectivity index (χ2v) is 6.77. The van der Waals surface area contributed by atoms with E-state index in [0.717, 1.165) is 18.7 Å². The van der Waals surface area contributed by atoms with Crippen molar-refractivity contribution in [2.24, 2.45) is 0 Å². The number of carbonyl (C=O) groups is 4. The molecule has 5 N–H and O–H groups in total. The highest BCUT2D eigenvalue weighted by Gasteiger charge is 2.12. The molecule has 0 fully saturated rings. The van der Waals surface area contributed by atoms with Crippen LogP contribution in [0.4, 0.5) is 0 Å². The lowest BCUT2D eigenvalue weighted by Gasteiger charge is -2.04. The molecule has 18 heteroatoms. The third-order valence-corrected chi connectivity index (χ3v) is 3.28. The SMILES string of the molecule is CO.COC(=O)c1cc(C)cc(C(=O)OC)c1.O=C(O)c1cccc(C(=O)O)c1.O=C=O.O=C=O.O=S(=O)(O)O. The minimum absolute atomic E-state index is 0.0186. The number of esters is 2. The smallest absolute Gasteiger partial charge is 0.394 e. The van der Waals surface area contributed by atoms with Crippen LogP contribution in [-0.2, 0) is 39.1 Å². The van der Waals surface area contributed by atoms with Crippen molar-refractivity contribution < 1.29 is 80.7 Å². The van der Waals surface area contributed by atoms with Crippen molar-refractivity contribution in [1.29, 1.82) is 0 Å². The van der Waals surface area contributed by atoms with Gasteiger partial charge < -0.3 is 24.8 Å². The number of hydrogen-bond acceptors (Lipinski definition) is 13. The number of rotatable bonds is 4. The Labute approximate surface area is 226 Å². The first kappa shape index (κ1) is 42.0. The fourth-order valence-electron chi connectivity index (χ4n) is 2.04. The molecule has 0 unspecified atom stereocenters. The minimum atomic E-state index is -4.67. The molecule has 0 aliphatic carbocycles. The zero-order valence-corrected chi connectivity index (χ0v) is 21.9. The number of carbonyl (C=O) groups excluding carboxylic acids is 6. The summed E-state index contributed by atoms with van der Waals surface area (Å²) in [5, 5.41) is 24.0. The van der Waals surface area contributed by atoms with Gasteiger partial charge in [-0.2, -0.15) is 27.6 Å². The van der Waals surface area contributed by atoms with Crippen molar-refractivity contribution in [1.82, 2.24) is 0 Å². The molecule has 0 saturated carbocycles. The normalized spacial score (nSPS) is 8.38. The maximum absolute atomic E-state index is 11.3. The molecule has 2 rings (SSSR count). The zero-order chi connectivity index (χ0) is 32.5. The predicted octanol–water partition coefficient (Wildman–Crippen LogP) is 0.440. The average molecular weight is 592 g/mol. The first-order chi connectivity index (χ1) is 18.5. The summed E-state index contributed by atoms with van der Waals surface area (Å²) in [7, 11) is -1.08. The van der Waals surface area contributed by atoms with Crippen LogP contribution in [0.5, 0.6) is 0 Å². The van der Waals surface area contributed by atoms with Gasteiger partial charge >= 0.3 is 46.6 Å². The molecular formula is C22H24O17S. The van der Waals surface area contributed by atoms with Crippen LogP contribution in [-0.4, -0.2) is 90.4 Å². The van der Waals surface area contributed by atoms with E-state index in [1.165, 1.54) is 38.5 Å². The fourth-order valence-corrected chi connectivity index (χ4v) is 2.04. The number of carboxylic acids is 2. The summed E-state index contributed by atoms with van der Waals surface area (Å²) in [6.07, 6.45) is 0.500. The molecule has 2 aromatic carbocycles. The lowest BCUT2D eigenvalue weighted by atomic mass is 10.1. The number of aliphatic hydroxyl groups excluding tert-OH is 1. The Morgan fingerprint density at radius 2 is 0.925 bits per heavy atom. The minimum Gasteiger partial charge on any atom is -0.478 e. The van der Waals surface area contributed by atoms with Crippen molar-refractivity contribution in [2.75, 3.05) is 21.3 Å². The van der Waals surface area contributed by atoms with Crippen molar-refractivity contribution in [3.8, 4) is 0 Å². The van der Waals surface area contributed by atoms with Gasteiger partial charge in [0.05, 0.1) is 36.5 Å². The second-order valence-electron chi connectivity index (χ2n) is 5.88. The number of aryl methyl sites for hydroxylation is 1. The molecule has 220 valence electrons. The number of aromatic carboxylic acids is 2. The lowest BCUT2D eigenvalue weighted by Crippen LogP contribution is -2.06. The van der Waals surface area contributed by atoms with Gasteiger partial charge in [0.1, 0.15) is 0 Å². The molecule has 2 aromatic rings. The standard InChI is InChI=1S/C11H12O4.C8H6O4.2CO2.CH4O.H2O4S/c1-7-4-8(10(12)14-2)6-9(5-7)11(13)15-3;9-7(10)5-2-1-3-6(4-5)8(11)12;2*2-1-3;1-2;1-5(2,3)4/h4-6H,1-3H3;1-4H,(H,9,10)(H,11,12);;;2H,1H3;(H2,1,2,3,4). The van der Waals surface area contributed by atoms with Gasteiger partial charge in [0, 0.05) is 7.11 Å². The van der Waals surface area contributed by atoms with E-state index in [2.05, 4.69) is 9.47 Å². The molecule has 0 spiro atoms. The molecule has 17 nitrogen and oxygen atoms in total. The van der Waals surface area contributed by atoms with Crippen LogP contribution in [0.25, 0.3) is 0 Å². The molecular weight excluding hydrogens is 568 g/mol. The van der Waals surface area contributed by atoms with Crippen molar-refractivity contribution in [3.05, 3.63) is 70.3 Å². The molecule has 0 aliphatic rings. The monoisotopic (exact) mass is 592 g/mol. The van der Waals surface area contributed by atoms with Crippen LogP contribution >= 0.6 is 0 Å². The largest absolute Gasteiger partial charge is 0.478 e. The van der Waals surface area contributed by atoms with E-state index in [-0.39, 0.29) is 23.4 Å². The van der Waals surface area contributed by atoms with E-state index in [0.29, 0.717) is 11.1 Å². The second kappa shape index (κ2) is 24.3. The summed E-state index contributed by atoms with van der Waals surface area (Å²) in [6.45, 7) is 1.79. The zero-order valence-electron chi connectivity index (χ0n) is 21.1. The molecule has 0 amide bonds. The van der Waals surface area contributed by atoms with Crippen molar-refractivity contribution >= 4 is 46.6 Å². The molecule has 0 atom stereocenters. The number of ether oxygens (including phenoxy) is 2. The van der Waals surface area contributed by atoms with Gasteiger partial charge in [-0.25, -0.2) is 19.2 Å². The molecule has 0 aromatic heterocycles. The van der Waals surface area contributed by atoms with Crippen molar-refractivity contribution in [2.45, 2.75) is 6.92 Å². The van der Waals surface area contributed by atoms with Crippen LogP contribution in [0, 0.1) is 6.92 Å². The highest BCUT2D eigenvalue weighted by molar-refractivity contribution is 7.79. The first-order valence-electron chi connectivity index (χ1n) is 9.50. The molecule has 0 saturated heterocycles. The number of benzene rings is 2. The van der Waals surface area contributed by atoms with Crippen molar-refractivity contribution in [3.63, 3.8) is 0 Å². The van der Waals surface area contributed by atoms with E-state index in [9.17, 15) is 19.2 Å². The van der Waals surface area contributed by atoms with Gasteiger partial charge in [-0.1, -0.05) is 6.07 Å². The van der Waals surface area contributed by atoms with Gasteiger partial charge in [0.25, 0.3) is 0 Å². The van der Waals surface area contributed by atoms with E-state index >= 15 is 0 Å². The summed E-state index contributed by atoms with van der Waals surface area (Å²) in [6, 6.07) is 9.95. The van der Waals surface area contributed by atoms with Gasteiger partial charge in [-0.05, 0) is 48.9 Å². The number of methoxy groups -OCH3 is 2. The Hall–Kier alpha value is -5.09. The van der Waals surface area contributed by atoms with Crippen LogP contribution < -0.4 is 0 Å². The van der Waals surface area contributed by atoms with E-state index < -0.39 is 34.3 Å². The maximum atomic E-state index is 11.3. The number of carboxylic acid groups (broad SMARTS) is 2. The van der Waals surface area contributed by atoms with Gasteiger partial charge in [0.2, 0.25) is 0 Å². The Morgan fingerprint density at radius 3 is 1.15 bits per heavy atom. The maximum Gasteiger partial charge on any atom is 0.394 e. The lowest BCUT2D eigenvalue weighted by molar-refractivity contribution is -0.193. The third kappa shape index (κ3) is 24.6. The van der Waals surface area contributed by atoms with Crippen LogP contribution in [0.2, 0.25) is 0 Å². The molecule has 0 heterocycles. The van der Waals surface area contributed by atoms with Crippen LogP contribution in [0.1, 0.15) is 47.0 Å². The fraction of sp³-hybridized carbons (Fsp3) is 0.182. The average Bonchev–Trinajstić information content (AvgIpc) is 2.89. The van der Waals surface area contributed by atoms with E-state index in [1.54, 1.807) is 19.1 Å². The van der Waals surface area contributed by atoms with Gasteiger partial charge in [-0.15, -0.1) is 0 Å². The first-order valence-corrected chi connectivity index (χ1v) is 10.9. The van der Waals surface area contributed by atoms with Crippen LogP contribution in [0.15, 0.2) is 42.5 Å². The quantitative estimate of drug-likeness (QED) is 0.237. The van der Waals surface area contributed by atoms with Gasteiger partial charge in [-0.3, -0.25) is 9.11 Å². The van der Waals surface area contributed by atoms with E-state index in [4.69, 9.17) is 52.0 Å². The van der Waals surface area contributed by atoms with Gasteiger partial charge in [0.15, 0.2) is 0 Å². The molecule has 0 radical (unpaired) electrons. The number of hydrogen-bond donors (Lipinski definition) is 5. The Morgan fingerprint density at radius 1 is 0.675 bits per heavy atom. The summed E-state index contributed by atoms with van der Waals surface area (Å²) in [5.74, 6) is -3.19. The Kier molecular flexibility index (Phi) is 25.5. The Balaban J connectivity index is -0.000000230. The summed E-state index contributed by atoms with van der Waals surface area (Å²) >= 11 is 0. The van der Waals surface area contributed by atoms with Crippen LogP contribution in [0.3, 0.4) is 0 Å². The number of aliphatic hydroxyl groups is 1. The van der Waals surface area contributed by atoms with E-state index in [1.807, 2.05) is 0 Å². The molecule has 0 aliphatic heterocycles. The highest BCUT2D eigenvalue weighted by Crippen LogP contribution is 2.11. The predicted molar refractivity (Wildman–Crippen MR) is 127 cm³/mol. The Bertz CT molecular complexity index is 1190. The highest BCUT2D eigenvalue weighted by atomic mass is 32.3. The summed E-state index contributed by atoms with van der Waals surface area (Å²) in [4.78, 5) is 75.8. The topological polar surface area (TPSA) is 290 Å². The molecule has 0 bridgehead atoms. The molecule has 40 heavy (non-hydrogen) atoms.